The fraction of sp³-hybridized carbons (Fsp3) is 1.00. The van der Waals surface area contributed by atoms with E-state index in [-0.39, 0.29) is 0 Å². The number of nitrogens with zero attached hydrogens (tertiary/aromatic N) is 1. The monoisotopic (exact) mass is 214 g/mol. The fourth-order valence-corrected chi connectivity index (χ4v) is 2.26. The number of hydrogen-bond acceptors (Lipinski definition) is 3. The summed E-state index contributed by atoms with van der Waals surface area (Å²) in [6, 6.07) is 0.466. The fourth-order valence-electron chi connectivity index (χ4n) is 2.26. The first-order valence-corrected chi connectivity index (χ1v) is 6.32. The third-order valence-electron chi connectivity index (χ3n) is 3.33. The number of aliphatic hydroxyl groups is 1. The van der Waals surface area contributed by atoms with E-state index >= 15 is 0 Å². The molecule has 90 valence electrons. The Morgan fingerprint density at radius 1 is 1.40 bits per heavy atom. The molecule has 1 aliphatic rings. The summed E-state index contributed by atoms with van der Waals surface area (Å²) in [5, 5.41) is 12.4. The van der Waals surface area contributed by atoms with E-state index < -0.39 is 0 Å². The first-order valence-electron chi connectivity index (χ1n) is 6.32. The molecule has 1 saturated heterocycles. The van der Waals surface area contributed by atoms with Crippen molar-refractivity contribution in [1.82, 2.24) is 10.2 Å². The third kappa shape index (κ3) is 4.96. The Balaban J connectivity index is 2.24. The topological polar surface area (TPSA) is 35.5 Å². The summed E-state index contributed by atoms with van der Waals surface area (Å²) < 4.78 is 0. The minimum atomic E-state index is 0.294. The van der Waals surface area contributed by atoms with Gasteiger partial charge in [-0.1, -0.05) is 13.8 Å². The van der Waals surface area contributed by atoms with Crippen LogP contribution in [0.25, 0.3) is 0 Å². The molecule has 3 nitrogen and oxygen atoms in total. The van der Waals surface area contributed by atoms with Crippen molar-refractivity contribution in [3.8, 4) is 0 Å². The van der Waals surface area contributed by atoms with Crippen LogP contribution >= 0.6 is 0 Å². The van der Waals surface area contributed by atoms with Gasteiger partial charge in [0.2, 0.25) is 0 Å². The van der Waals surface area contributed by atoms with E-state index in [0.717, 1.165) is 25.4 Å². The molecular weight excluding hydrogens is 188 g/mol. The summed E-state index contributed by atoms with van der Waals surface area (Å²) in [5.41, 5.74) is 0. The first-order chi connectivity index (χ1) is 7.26. The van der Waals surface area contributed by atoms with Crippen LogP contribution in [0.15, 0.2) is 0 Å². The molecule has 2 N–H and O–H groups in total. The maximum absolute atomic E-state index is 8.98. The first kappa shape index (κ1) is 12.9. The number of piperidine rings is 1. The highest BCUT2D eigenvalue weighted by Gasteiger charge is 2.18. The van der Waals surface area contributed by atoms with Gasteiger partial charge in [-0.05, 0) is 44.8 Å². The molecule has 0 amide bonds. The lowest BCUT2D eigenvalue weighted by molar-refractivity contribution is 0.162. The van der Waals surface area contributed by atoms with Crippen molar-refractivity contribution in [3.05, 3.63) is 0 Å². The van der Waals surface area contributed by atoms with Gasteiger partial charge in [0.05, 0.1) is 0 Å². The van der Waals surface area contributed by atoms with E-state index in [0.29, 0.717) is 12.6 Å². The lowest BCUT2D eigenvalue weighted by Crippen LogP contribution is -2.44. The molecule has 15 heavy (non-hydrogen) atoms. The van der Waals surface area contributed by atoms with Crippen LogP contribution < -0.4 is 5.32 Å². The second-order valence-corrected chi connectivity index (χ2v) is 4.75. The van der Waals surface area contributed by atoms with Crippen molar-refractivity contribution in [3.63, 3.8) is 0 Å². The predicted octanol–water partition coefficient (Wildman–Crippen LogP) is 1.08. The van der Waals surface area contributed by atoms with E-state index in [1.54, 1.807) is 0 Å². The Kier molecular flexibility index (Phi) is 6.22. The zero-order valence-corrected chi connectivity index (χ0v) is 10.2. The molecule has 0 aromatic rings. The van der Waals surface area contributed by atoms with Gasteiger partial charge in [0.25, 0.3) is 0 Å². The molecule has 0 aliphatic carbocycles. The molecule has 1 unspecified atom stereocenters. The van der Waals surface area contributed by atoms with Gasteiger partial charge in [0, 0.05) is 19.2 Å². The van der Waals surface area contributed by atoms with Crippen LogP contribution in [0.5, 0.6) is 0 Å². The maximum atomic E-state index is 8.98. The average molecular weight is 214 g/mol. The normalized spacial score (nSPS) is 21.8. The van der Waals surface area contributed by atoms with Gasteiger partial charge in [-0.25, -0.2) is 0 Å². The Morgan fingerprint density at radius 3 is 2.60 bits per heavy atom. The Morgan fingerprint density at radius 2 is 2.07 bits per heavy atom. The van der Waals surface area contributed by atoms with Gasteiger partial charge in [0.1, 0.15) is 0 Å². The van der Waals surface area contributed by atoms with Crippen LogP contribution in [-0.4, -0.2) is 48.8 Å². The summed E-state index contributed by atoms with van der Waals surface area (Å²) in [6.07, 6.45) is 3.54. The molecule has 0 aromatic heterocycles. The Labute approximate surface area is 93.9 Å². The molecule has 0 radical (unpaired) electrons. The van der Waals surface area contributed by atoms with Crippen molar-refractivity contribution in [2.24, 2.45) is 5.92 Å². The minimum absolute atomic E-state index is 0.294. The molecule has 1 heterocycles. The smallest absolute Gasteiger partial charge is 0.0446 e. The number of likely N-dealkylation sites (N-methyl/N-ethyl adjacent to an activating group) is 1. The van der Waals surface area contributed by atoms with E-state index in [1.165, 1.54) is 25.9 Å². The number of hydrogen-bond donors (Lipinski definition) is 2. The van der Waals surface area contributed by atoms with Gasteiger partial charge >= 0.3 is 0 Å². The Bertz CT molecular complexity index is 150. The summed E-state index contributed by atoms with van der Waals surface area (Å²) in [7, 11) is 0. The van der Waals surface area contributed by atoms with Crippen LogP contribution in [0.1, 0.15) is 33.1 Å². The van der Waals surface area contributed by atoms with Crippen LogP contribution in [0.2, 0.25) is 0 Å². The highest BCUT2D eigenvalue weighted by atomic mass is 16.3. The van der Waals surface area contributed by atoms with Gasteiger partial charge in [0.15, 0.2) is 0 Å². The van der Waals surface area contributed by atoms with Gasteiger partial charge in [-0.3, -0.25) is 0 Å². The highest BCUT2D eigenvalue weighted by molar-refractivity contribution is 4.75. The number of nitrogens with one attached hydrogen (secondary N) is 1. The zero-order chi connectivity index (χ0) is 11.1. The van der Waals surface area contributed by atoms with E-state index in [1.807, 2.05) is 0 Å². The lowest BCUT2D eigenvalue weighted by atomic mass is 9.98. The predicted molar refractivity (Wildman–Crippen MR) is 64.0 cm³/mol. The van der Waals surface area contributed by atoms with Gasteiger partial charge in [-0.15, -0.1) is 0 Å². The number of aliphatic hydroxyl groups excluding tert-OH is 1. The van der Waals surface area contributed by atoms with Crippen molar-refractivity contribution >= 4 is 0 Å². The second kappa shape index (κ2) is 7.20. The zero-order valence-electron chi connectivity index (χ0n) is 10.2. The summed E-state index contributed by atoms with van der Waals surface area (Å²) in [5.74, 6) is 0.900. The van der Waals surface area contributed by atoms with Crippen LogP contribution in [0.4, 0.5) is 0 Å². The van der Waals surface area contributed by atoms with Crippen molar-refractivity contribution in [2.45, 2.75) is 39.2 Å². The molecule has 1 rings (SSSR count). The standard InChI is InChI=1S/C12H26N2O/c1-3-13-12(6-9-15)10-14-7-4-11(2)5-8-14/h11-13,15H,3-10H2,1-2H3. The number of rotatable bonds is 6. The SMILES string of the molecule is CCNC(CCO)CN1CCC(C)CC1. The summed E-state index contributed by atoms with van der Waals surface area (Å²) >= 11 is 0. The second-order valence-electron chi connectivity index (χ2n) is 4.75. The largest absolute Gasteiger partial charge is 0.396 e. The van der Waals surface area contributed by atoms with Crippen molar-refractivity contribution < 1.29 is 5.11 Å². The van der Waals surface area contributed by atoms with Crippen LogP contribution in [0.3, 0.4) is 0 Å². The molecule has 3 heteroatoms. The lowest BCUT2D eigenvalue weighted by Gasteiger charge is -2.33. The Hall–Kier alpha value is -0.120. The average Bonchev–Trinajstić information content (AvgIpc) is 2.22. The minimum Gasteiger partial charge on any atom is -0.396 e. The van der Waals surface area contributed by atoms with Crippen molar-refractivity contribution in [2.75, 3.05) is 32.8 Å². The molecule has 0 saturated carbocycles. The molecule has 0 bridgehead atoms. The summed E-state index contributed by atoms with van der Waals surface area (Å²) in [6.45, 7) is 9.32. The van der Waals surface area contributed by atoms with Gasteiger partial charge < -0.3 is 15.3 Å². The van der Waals surface area contributed by atoms with E-state index in [4.69, 9.17) is 5.11 Å². The molecule has 1 atom stereocenters. The van der Waals surface area contributed by atoms with E-state index in [2.05, 4.69) is 24.1 Å². The molecular formula is C12H26N2O. The van der Waals surface area contributed by atoms with Crippen molar-refractivity contribution in [1.29, 1.82) is 0 Å². The summed E-state index contributed by atoms with van der Waals surface area (Å²) in [4.78, 5) is 2.53. The van der Waals surface area contributed by atoms with E-state index in [9.17, 15) is 0 Å². The van der Waals surface area contributed by atoms with Crippen LogP contribution in [0, 0.1) is 5.92 Å². The molecule has 0 spiro atoms. The van der Waals surface area contributed by atoms with Crippen LogP contribution in [-0.2, 0) is 0 Å². The molecule has 1 aliphatic heterocycles. The molecule has 1 fully saturated rings. The van der Waals surface area contributed by atoms with Gasteiger partial charge in [-0.2, -0.15) is 0 Å². The quantitative estimate of drug-likeness (QED) is 0.694. The maximum Gasteiger partial charge on any atom is 0.0446 e. The third-order valence-corrected chi connectivity index (χ3v) is 3.33. The highest BCUT2D eigenvalue weighted by Crippen LogP contribution is 2.16. The molecule has 0 aromatic carbocycles. The number of likely N-dealkylation sites (tertiary alicyclic amines) is 1.